The van der Waals surface area contributed by atoms with Gasteiger partial charge in [0.05, 0.1) is 20.5 Å². The quantitative estimate of drug-likeness (QED) is 0.289. The second-order valence-corrected chi connectivity index (χ2v) is 6.57. The number of hydrogen-bond acceptors (Lipinski definition) is 5. The number of hydrogen-bond donors (Lipinski definition) is 0. The predicted octanol–water partition coefficient (Wildman–Crippen LogP) is 4.12. The van der Waals surface area contributed by atoms with Gasteiger partial charge in [0.25, 0.3) is 11.6 Å². The number of benzene rings is 2. The van der Waals surface area contributed by atoms with E-state index in [2.05, 4.69) is 0 Å². The van der Waals surface area contributed by atoms with Crippen LogP contribution in [0.2, 0.25) is 10.0 Å². The Morgan fingerprint density at radius 3 is 2.57 bits per heavy atom. The Labute approximate surface area is 171 Å². The first-order valence-corrected chi connectivity index (χ1v) is 8.79. The molecule has 0 radical (unpaired) electrons. The molecule has 9 heteroatoms. The molecule has 7 nitrogen and oxygen atoms in total. The lowest BCUT2D eigenvalue weighted by Gasteiger charge is -2.17. The Morgan fingerprint density at radius 2 is 1.89 bits per heavy atom. The first-order valence-electron chi connectivity index (χ1n) is 8.04. The van der Waals surface area contributed by atoms with Crippen molar-refractivity contribution in [2.45, 2.75) is 6.54 Å². The summed E-state index contributed by atoms with van der Waals surface area (Å²) >= 11 is 11.8. The van der Waals surface area contributed by atoms with E-state index in [1.165, 1.54) is 29.2 Å². The summed E-state index contributed by atoms with van der Waals surface area (Å²) in [4.78, 5) is 35.6. The van der Waals surface area contributed by atoms with Gasteiger partial charge in [-0.2, -0.15) is 0 Å². The van der Waals surface area contributed by atoms with Crippen molar-refractivity contribution in [1.29, 1.82) is 0 Å². The van der Waals surface area contributed by atoms with Gasteiger partial charge in [-0.3, -0.25) is 14.9 Å². The van der Waals surface area contributed by atoms with Crippen LogP contribution >= 0.6 is 23.2 Å². The highest BCUT2D eigenvalue weighted by Crippen LogP contribution is 2.23. The average molecular weight is 423 g/mol. The monoisotopic (exact) mass is 422 g/mol. The molecular formula is C19H16Cl2N2O5. The summed E-state index contributed by atoms with van der Waals surface area (Å²) in [6.45, 7) is -0.197. The largest absolute Gasteiger partial charge is 0.452 e. The van der Waals surface area contributed by atoms with Crippen LogP contribution in [0.5, 0.6) is 0 Å². The maximum Gasteiger partial charge on any atom is 0.331 e. The van der Waals surface area contributed by atoms with E-state index in [-0.39, 0.29) is 17.8 Å². The molecule has 0 aliphatic rings. The highest BCUT2D eigenvalue weighted by atomic mass is 35.5. The van der Waals surface area contributed by atoms with Crippen molar-refractivity contribution >= 4 is 46.8 Å². The number of likely N-dealkylation sites (N-methyl/N-ethyl adjacent to an activating group) is 1. The first kappa shape index (κ1) is 21.4. The number of amides is 1. The first-order chi connectivity index (χ1) is 13.3. The summed E-state index contributed by atoms with van der Waals surface area (Å²) in [6, 6.07) is 11.0. The average Bonchev–Trinajstić information content (AvgIpc) is 2.67. The number of nitro groups is 1. The summed E-state index contributed by atoms with van der Waals surface area (Å²) in [5.74, 6) is -1.20. The van der Waals surface area contributed by atoms with Crippen molar-refractivity contribution in [2.24, 2.45) is 0 Å². The van der Waals surface area contributed by atoms with Gasteiger partial charge in [0, 0.05) is 25.7 Å². The molecule has 0 aromatic heterocycles. The Kier molecular flexibility index (Phi) is 7.54. The highest BCUT2D eigenvalue weighted by Gasteiger charge is 2.13. The number of nitro benzene ring substituents is 1. The van der Waals surface area contributed by atoms with E-state index < -0.39 is 23.4 Å². The molecule has 0 aliphatic carbocycles. The van der Waals surface area contributed by atoms with Crippen LogP contribution in [0.4, 0.5) is 5.69 Å². The van der Waals surface area contributed by atoms with Crippen LogP contribution in [0, 0.1) is 10.1 Å². The lowest BCUT2D eigenvalue weighted by Crippen LogP contribution is -2.30. The summed E-state index contributed by atoms with van der Waals surface area (Å²) < 4.78 is 4.89. The van der Waals surface area contributed by atoms with E-state index in [0.717, 1.165) is 11.6 Å². The van der Waals surface area contributed by atoms with Gasteiger partial charge < -0.3 is 9.64 Å². The molecule has 146 valence electrons. The third kappa shape index (κ3) is 6.07. The number of halogens is 2. The molecule has 0 atom stereocenters. The Morgan fingerprint density at radius 1 is 1.18 bits per heavy atom. The van der Waals surface area contributed by atoms with Crippen LogP contribution in [0.1, 0.15) is 11.1 Å². The Hall–Kier alpha value is -2.90. The number of ether oxygens (including phenoxy) is 1. The van der Waals surface area contributed by atoms with Crippen LogP contribution in [-0.2, 0) is 20.9 Å². The number of esters is 1. The SMILES string of the molecule is CN(Cc1ccc(Cl)c(Cl)c1)C(=O)COC(=O)/C=C/c1ccccc1[N+](=O)[O-]. The lowest BCUT2D eigenvalue weighted by atomic mass is 10.1. The Bertz CT molecular complexity index is 930. The van der Waals surface area contributed by atoms with E-state index in [1.807, 2.05) is 0 Å². The minimum Gasteiger partial charge on any atom is -0.452 e. The minimum atomic E-state index is -0.783. The smallest absolute Gasteiger partial charge is 0.331 e. The van der Waals surface area contributed by atoms with Gasteiger partial charge in [-0.1, -0.05) is 41.4 Å². The maximum absolute atomic E-state index is 12.1. The number of rotatable bonds is 7. The zero-order valence-electron chi connectivity index (χ0n) is 14.8. The van der Waals surface area contributed by atoms with Gasteiger partial charge in [-0.15, -0.1) is 0 Å². The fourth-order valence-electron chi connectivity index (χ4n) is 2.24. The van der Waals surface area contributed by atoms with Gasteiger partial charge in [-0.25, -0.2) is 4.79 Å². The van der Waals surface area contributed by atoms with Gasteiger partial charge >= 0.3 is 5.97 Å². The molecule has 0 saturated carbocycles. The second kappa shape index (κ2) is 9.87. The van der Waals surface area contributed by atoms with Gasteiger partial charge in [-0.05, 0) is 29.8 Å². The molecule has 0 bridgehead atoms. The van der Waals surface area contributed by atoms with Crippen molar-refractivity contribution in [3.63, 3.8) is 0 Å². The van der Waals surface area contributed by atoms with Crippen molar-refractivity contribution in [3.05, 3.63) is 79.8 Å². The van der Waals surface area contributed by atoms with Crippen molar-refractivity contribution in [3.8, 4) is 0 Å². The zero-order valence-corrected chi connectivity index (χ0v) is 16.3. The van der Waals surface area contributed by atoms with E-state index in [4.69, 9.17) is 27.9 Å². The molecule has 2 aromatic rings. The fraction of sp³-hybridized carbons (Fsp3) is 0.158. The Balaban J connectivity index is 1.88. The van der Waals surface area contributed by atoms with Crippen molar-refractivity contribution < 1.29 is 19.2 Å². The highest BCUT2D eigenvalue weighted by molar-refractivity contribution is 6.42. The molecular weight excluding hydrogens is 407 g/mol. The molecule has 0 saturated heterocycles. The van der Waals surface area contributed by atoms with Gasteiger partial charge in [0.15, 0.2) is 6.61 Å². The third-order valence-corrected chi connectivity index (χ3v) is 4.44. The lowest BCUT2D eigenvalue weighted by molar-refractivity contribution is -0.385. The van der Waals surface area contributed by atoms with E-state index >= 15 is 0 Å². The van der Waals surface area contributed by atoms with Gasteiger partial charge in [0.1, 0.15) is 0 Å². The third-order valence-electron chi connectivity index (χ3n) is 3.70. The van der Waals surface area contributed by atoms with Crippen LogP contribution in [0.15, 0.2) is 48.5 Å². The molecule has 28 heavy (non-hydrogen) atoms. The van der Waals surface area contributed by atoms with E-state index in [9.17, 15) is 19.7 Å². The molecule has 1 amide bonds. The number of nitrogens with zero attached hydrogens (tertiary/aromatic N) is 2. The molecule has 0 aliphatic heterocycles. The molecule has 0 fully saturated rings. The fourth-order valence-corrected chi connectivity index (χ4v) is 2.56. The normalized spacial score (nSPS) is 10.7. The van der Waals surface area contributed by atoms with Crippen LogP contribution < -0.4 is 0 Å². The van der Waals surface area contributed by atoms with Crippen LogP contribution in [0.25, 0.3) is 6.08 Å². The van der Waals surface area contributed by atoms with Crippen molar-refractivity contribution in [2.75, 3.05) is 13.7 Å². The maximum atomic E-state index is 12.1. The minimum absolute atomic E-state index is 0.135. The molecule has 2 rings (SSSR count). The van der Waals surface area contributed by atoms with Crippen LogP contribution in [0.3, 0.4) is 0 Å². The summed E-state index contributed by atoms with van der Waals surface area (Å²) in [7, 11) is 1.56. The van der Waals surface area contributed by atoms with Crippen LogP contribution in [-0.4, -0.2) is 35.4 Å². The summed E-state index contributed by atoms with van der Waals surface area (Å²) in [6.07, 6.45) is 2.30. The molecule has 0 spiro atoms. The predicted molar refractivity (Wildman–Crippen MR) is 106 cm³/mol. The zero-order chi connectivity index (χ0) is 20.7. The topological polar surface area (TPSA) is 89.8 Å². The molecule has 0 N–H and O–H groups in total. The standard InChI is InChI=1S/C19H16Cl2N2O5/c1-22(11-13-6-8-15(20)16(21)10-13)18(24)12-28-19(25)9-7-14-4-2-3-5-17(14)23(26)27/h2-10H,11-12H2,1H3/b9-7+. The summed E-state index contributed by atoms with van der Waals surface area (Å²) in [5, 5.41) is 11.7. The van der Waals surface area contributed by atoms with E-state index in [0.29, 0.717) is 10.0 Å². The molecule has 0 heterocycles. The molecule has 2 aromatic carbocycles. The number of carbonyl (C=O) groups is 2. The number of para-hydroxylation sites is 1. The molecule has 0 unspecified atom stereocenters. The van der Waals surface area contributed by atoms with Crippen molar-refractivity contribution in [1.82, 2.24) is 4.90 Å². The van der Waals surface area contributed by atoms with E-state index in [1.54, 1.807) is 31.3 Å². The second-order valence-electron chi connectivity index (χ2n) is 5.76. The summed E-state index contributed by atoms with van der Waals surface area (Å²) in [5.41, 5.74) is 0.893. The number of carbonyl (C=O) groups excluding carboxylic acids is 2. The van der Waals surface area contributed by atoms with Gasteiger partial charge in [0.2, 0.25) is 0 Å².